The fourth-order valence-electron chi connectivity index (χ4n) is 2.81. The second kappa shape index (κ2) is 8.29. The Morgan fingerprint density at radius 2 is 1.92 bits per heavy atom. The molecule has 0 unspecified atom stereocenters. The lowest BCUT2D eigenvalue weighted by atomic mass is 10.1. The number of halogens is 2. The van der Waals surface area contributed by atoms with E-state index < -0.39 is 11.7 Å². The molecule has 26 heavy (non-hydrogen) atoms. The van der Waals surface area contributed by atoms with Crippen LogP contribution < -0.4 is 10.6 Å². The number of carbonyl (C=O) groups excluding carboxylic acids is 2. The molecule has 1 aliphatic heterocycles. The highest BCUT2D eigenvalue weighted by atomic mass is 35.5. The van der Waals surface area contributed by atoms with Crippen LogP contribution in [0.2, 0.25) is 5.02 Å². The van der Waals surface area contributed by atoms with E-state index in [1.54, 1.807) is 23.1 Å². The summed E-state index contributed by atoms with van der Waals surface area (Å²) in [7, 11) is 0. The molecule has 2 N–H and O–H groups in total. The van der Waals surface area contributed by atoms with Gasteiger partial charge in [-0.05, 0) is 49.4 Å². The van der Waals surface area contributed by atoms with E-state index in [4.69, 9.17) is 11.6 Å². The Labute approximate surface area is 156 Å². The van der Waals surface area contributed by atoms with Crippen LogP contribution in [0, 0.1) is 5.82 Å². The van der Waals surface area contributed by atoms with Crippen molar-refractivity contribution >= 4 is 29.1 Å². The summed E-state index contributed by atoms with van der Waals surface area (Å²) in [4.78, 5) is 26.8. The number of anilines is 1. The lowest BCUT2D eigenvalue weighted by molar-refractivity contribution is 0.0766. The van der Waals surface area contributed by atoms with Crippen LogP contribution in [0.3, 0.4) is 0 Å². The van der Waals surface area contributed by atoms with Crippen LogP contribution in [0.1, 0.15) is 27.1 Å². The van der Waals surface area contributed by atoms with Crippen molar-refractivity contribution in [1.82, 2.24) is 10.2 Å². The van der Waals surface area contributed by atoms with E-state index in [1.165, 1.54) is 18.2 Å². The summed E-state index contributed by atoms with van der Waals surface area (Å²) in [5.41, 5.74) is 0.946. The molecule has 0 saturated carbocycles. The lowest BCUT2D eigenvalue weighted by Crippen LogP contribution is -2.34. The summed E-state index contributed by atoms with van der Waals surface area (Å²) in [6.07, 6.45) is 0.891. The summed E-state index contributed by atoms with van der Waals surface area (Å²) < 4.78 is 13.3. The van der Waals surface area contributed by atoms with Crippen LogP contribution in [-0.4, -0.2) is 42.9 Å². The van der Waals surface area contributed by atoms with Gasteiger partial charge in [0.2, 0.25) is 0 Å². The zero-order valence-electron chi connectivity index (χ0n) is 14.1. The summed E-state index contributed by atoms with van der Waals surface area (Å²) >= 11 is 6.15. The predicted octanol–water partition coefficient (Wildman–Crippen LogP) is 3.17. The molecular formula is C19H19ClFN3O2. The first-order valence-corrected chi connectivity index (χ1v) is 8.79. The Morgan fingerprint density at radius 3 is 2.73 bits per heavy atom. The number of hydrogen-bond acceptors (Lipinski definition) is 3. The fourth-order valence-corrected chi connectivity index (χ4v) is 2.97. The molecule has 7 heteroatoms. The minimum Gasteiger partial charge on any atom is -0.337 e. The Hall–Kier alpha value is -2.44. The monoisotopic (exact) mass is 375 g/mol. The zero-order valence-corrected chi connectivity index (χ0v) is 14.9. The highest BCUT2D eigenvalue weighted by Gasteiger charge is 2.19. The minimum absolute atomic E-state index is 0.105. The van der Waals surface area contributed by atoms with Gasteiger partial charge >= 0.3 is 0 Å². The van der Waals surface area contributed by atoms with Crippen molar-refractivity contribution in [3.63, 3.8) is 0 Å². The number of nitrogens with one attached hydrogen (secondary N) is 2. The van der Waals surface area contributed by atoms with Crippen molar-refractivity contribution in [2.24, 2.45) is 0 Å². The van der Waals surface area contributed by atoms with E-state index in [1.807, 2.05) is 0 Å². The standard InChI is InChI=1S/C19H19ClFN3O2/c20-16-6-5-14(19(26)24-9-2-7-22-8-10-24)12-17(16)23-18(25)13-3-1-4-15(21)11-13/h1,3-6,11-12,22H,2,7-10H2,(H,23,25). The van der Waals surface area contributed by atoms with Gasteiger partial charge < -0.3 is 15.5 Å². The Bertz CT molecular complexity index is 820. The molecule has 2 aromatic carbocycles. The van der Waals surface area contributed by atoms with Gasteiger partial charge in [0.05, 0.1) is 10.7 Å². The third-order valence-corrected chi connectivity index (χ3v) is 4.51. The second-order valence-electron chi connectivity index (χ2n) is 6.05. The van der Waals surface area contributed by atoms with E-state index in [2.05, 4.69) is 10.6 Å². The number of carbonyl (C=O) groups is 2. The first kappa shape index (κ1) is 18.4. The SMILES string of the molecule is O=C(Nc1cc(C(=O)N2CCCNCC2)ccc1Cl)c1cccc(F)c1. The molecule has 0 aromatic heterocycles. The normalized spacial score (nSPS) is 14.6. The average Bonchev–Trinajstić information content (AvgIpc) is 2.92. The van der Waals surface area contributed by atoms with Gasteiger partial charge in [0.25, 0.3) is 11.8 Å². The predicted molar refractivity (Wildman–Crippen MR) is 99.2 cm³/mol. The highest BCUT2D eigenvalue weighted by molar-refractivity contribution is 6.34. The molecule has 1 saturated heterocycles. The molecule has 5 nitrogen and oxygen atoms in total. The Kier molecular flexibility index (Phi) is 5.85. The molecule has 3 rings (SSSR count). The molecule has 1 heterocycles. The van der Waals surface area contributed by atoms with Crippen LogP contribution in [0.5, 0.6) is 0 Å². The van der Waals surface area contributed by atoms with Crippen molar-refractivity contribution in [1.29, 1.82) is 0 Å². The summed E-state index contributed by atoms with van der Waals surface area (Å²) in [5.74, 6) is -1.09. The van der Waals surface area contributed by atoms with Gasteiger partial charge in [0.15, 0.2) is 0 Å². The van der Waals surface area contributed by atoms with Crippen LogP contribution in [0.15, 0.2) is 42.5 Å². The van der Waals surface area contributed by atoms with Crippen molar-refractivity contribution < 1.29 is 14.0 Å². The maximum Gasteiger partial charge on any atom is 0.255 e. The molecule has 0 spiro atoms. The molecule has 0 radical (unpaired) electrons. The third-order valence-electron chi connectivity index (χ3n) is 4.18. The molecule has 0 atom stereocenters. The number of nitrogens with zero attached hydrogens (tertiary/aromatic N) is 1. The molecule has 136 valence electrons. The van der Waals surface area contributed by atoms with Crippen LogP contribution >= 0.6 is 11.6 Å². The quantitative estimate of drug-likeness (QED) is 0.866. The van der Waals surface area contributed by atoms with Gasteiger partial charge in [-0.3, -0.25) is 9.59 Å². The molecule has 1 fully saturated rings. The lowest BCUT2D eigenvalue weighted by Gasteiger charge is -2.20. The van der Waals surface area contributed by atoms with Crippen LogP contribution in [0.25, 0.3) is 0 Å². The maximum atomic E-state index is 13.3. The molecule has 0 bridgehead atoms. The van der Waals surface area contributed by atoms with E-state index in [0.29, 0.717) is 29.4 Å². The van der Waals surface area contributed by atoms with Crippen molar-refractivity contribution in [2.45, 2.75) is 6.42 Å². The van der Waals surface area contributed by atoms with Gasteiger partial charge in [-0.1, -0.05) is 17.7 Å². The van der Waals surface area contributed by atoms with E-state index in [-0.39, 0.29) is 11.5 Å². The maximum absolute atomic E-state index is 13.3. The van der Waals surface area contributed by atoms with E-state index >= 15 is 0 Å². The molecule has 1 aliphatic rings. The number of rotatable bonds is 3. The molecular weight excluding hydrogens is 357 g/mol. The van der Waals surface area contributed by atoms with Crippen molar-refractivity contribution in [3.8, 4) is 0 Å². The van der Waals surface area contributed by atoms with E-state index in [9.17, 15) is 14.0 Å². The molecule has 2 amide bonds. The summed E-state index contributed by atoms with van der Waals surface area (Å²) in [6.45, 7) is 2.95. The smallest absolute Gasteiger partial charge is 0.255 e. The summed E-state index contributed by atoms with van der Waals surface area (Å²) in [5, 5.41) is 6.20. The Balaban J connectivity index is 1.79. The van der Waals surface area contributed by atoms with Crippen molar-refractivity contribution in [3.05, 3.63) is 64.4 Å². The largest absolute Gasteiger partial charge is 0.337 e. The van der Waals surface area contributed by atoms with Gasteiger partial charge in [0.1, 0.15) is 5.82 Å². The molecule has 0 aliphatic carbocycles. The third kappa shape index (κ3) is 4.39. The fraction of sp³-hybridized carbons (Fsp3) is 0.263. The Morgan fingerprint density at radius 1 is 1.08 bits per heavy atom. The van der Waals surface area contributed by atoms with Gasteiger partial charge in [0, 0.05) is 30.8 Å². The minimum atomic E-state index is -0.498. The van der Waals surface area contributed by atoms with Crippen LogP contribution in [-0.2, 0) is 0 Å². The van der Waals surface area contributed by atoms with Gasteiger partial charge in [-0.25, -0.2) is 4.39 Å². The van der Waals surface area contributed by atoms with Gasteiger partial charge in [-0.15, -0.1) is 0 Å². The second-order valence-corrected chi connectivity index (χ2v) is 6.46. The number of hydrogen-bond donors (Lipinski definition) is 2. The first-order valence-electron chi connectivity index (χ1n) is 8.41. The number of benzene rings is 2. The zero-order chi connectivity index (χ0) is 18.5. The number of amides is 2. The topological polar surface area (TPSA) is 61.4 Å². The first-order chi connectivity index (χ1) is 12.5. The van der Waals surface area contributed by atoms with Gasteiger partial charge in [-0.2, -0.15) is 0 Å². The highest BCUT2D eigenvalue weighted by Crippen LogP contribution is 2.24. The molecule has 2 aromatic rings. The van der Waals surface area contributed by atoms with E-state index in [0.717, 1.165) is 25.6 Å². The van der Waals surface area contributed by atoms with Crippen LogP contribution in [0.4, 0.5) is 10.1 Å². The average molecular weight is 376 g/mol. The summed E-state index contributed by atoms with van der Waals surface area (Å²) in [6, 6.07) is 10.1. The van der Waals surface area contributed by atoms with Crippen molar-refractivity contribution in [2.75, 3.05) is 31.5 Å².